The molecule has 8 nitrogen and oxygen atoms in total. The minimum atomic E-state index is -1.13. The zero-order chi connectivity index (χ0) is 20.3. The number of hydrogen-bond acceptors (Lipinski definition) is 5. The molecule has 1 fully saturated rings. The van der Waals surface area contributed by atoms with Crippen LogP contribution in [0.1, 0.15) is 55.7 Å². The molecule has 1 heterocycles. The van der Waals surface area contributed by atoms with Crippen molar-refractivity contribution in [3.05, 3.63) is 47.8 Å². The van der Waals surface area contributed by atoms with E-state index in [9.17, 15) is 14.4 Å². The van der Waals surface area contributed by atoms with E-state index in [1.807, 2.05) is 30.3 Å². The Morgan fingerprint density at radius 3 is 2.43 bits per heavy atom. The first-order valence-electron chi connectivity index (χ1n) is 9.33. The fourth-order valence-corrected chi connectivity index (χ4v) is 2.68. The highest BCUT2D eigenvalue weighted by Crippen LogP contribution is 2.39. The van der Waals surface area contributed by atoms with E-state index < -0.39 is 24.0 Å². The van der Waals surface area contributed by atoms with Crippen LogP contribution < -0.4 is 10.6 Å². The van der Waals surface area contributed by atoms with E-state index in [1.54, 1.807) is 19.9 Å². The van der Waals surface area contributed by atoms with Crippen molar-refractivity contribution in [3.8, 4) is 5.69 Å². The lowest BCUT2D eigenvalue weighted by Crippen LogP contribution is -2.46. The summed E-state index contributed by atoms with van der Waals surface area (Å²) >= 11 is 0. The summed E-state index contributed by atoms with van der Waals surface area (Å²) in [6.45, 7) is 4.96. The predicted molar refractivity (Wildman–Crippen MR) is 102 cm³/mol. The monoisotopic (exact) mass is 384 g/mol. The molecular formula is C20H24N4O4. The van der Waals surface area contributed by atoms with Crippen molar-refractivity contribution in [1.82, 2.24) is 20.4 Å². The van der Waals surface area contributed by atoms with Gasteiger partial charge in [0.2, 0.25) is 0 Å². The van der Waals surface area contributed by atoms with E-state index in [4.69, 9.17) is 4.74 Å². The third-order valence-corrected chi connectivity index (χ3v) is 4.24. The largest absolute Gasteiger partial charge is 0.448 e. The second-order valence-electron chi connectivity index (χ2n) is 7.14. The van der Waals surface area contributed by atoms with Crippen molar-refractivity contribution in [2.45, 2.75) is 51.7 Å². The number of ether oxygens (including phenoxy) is 1. The molecule has 8 heteroatoms. The van der Waals surface area contributed by atoms with Gasteiger partial charge in [-0.2, -0.15) is 5.10 Å². The number of rotatable bonds is 6. The number of aromatic nitrogens is 2. The SMILES string of the molecule is CC(C)NC(=O)NC(=O)[C@@H](C)OC(=O)c1cc(C2CC2)nn1-c1ccccc1. The Hall–Kier alpha value is -3.16. The van der Waals surface area contributed by atoms with Gasteiger partial charge in [0.25, 0.3) is 5.91 Å². The van der Waals surface area contributed by atoms with Gasteiger partial charge in [-0.3, -0.25) is 10.1 Å². The molecular weight excluding hydrogens is 360 g/mol. The Kier molecular flexibility index (Phi) is 5.77. The third kappa shape index (κ3) is 4.76. The predicted octanol–water partition coefficient (Wildman–Crippen LogP) is 2.53. The zero-order valence-corrected chi connectivity index (χ0v) is 16.1. The molecule has 0 spiro atoms. The topological polar surface area (TPSA) is 102 Å². The summed E-state index contributed by atoms with van der Waals surface area (Å²) in [5.41, 5.74) is 1.82. The minimum Gasteiger partial charge on any atom is -0.448 e. The molecule has 2 aromatic rings. The first-order chi connectivity index (χ1) is 13.3. The number of esters is 1. The second-order valence-corrected chi connectivity index (χ2v) is 7.14. The maximum atomic E-state index is 12.7. The average Bonchev–Trinajstić information content (AvgIpc) is 3.39. The van der Waals surface area contributed by atoms with Gasteiger partial charge in [-0.15, -0.1) is 0 Å². The lowest BCUT2D eigenvalue weighted by molar-refractivity contribution is -0.127. The molecule has 0 radical (unpaired) electrons. The lowest BCUT2D eigenvalue weighted by Gasteiger charge is -2.14. The zero-order valence-electron chi connectivity index (χ0n) is 16.1. The quantitative estimate of drug-likeness (QED) is 0.745. The van der Waals surface area contributed by atoms with Crippen molar-refractivity contribution in [3.63, 3.8) is 0 Å². The Morgan fingerprint density at radius 1 is 1.14 bits per heavy atom. The number of nitrogens with zero attached hydrogens (tertiary/aromatic N) is 2. The number of nitrogens with one attached hydrogen (secondary N) is 2. The van der Waals surface area contributed by atoms with Crippen LogP contribution in [-0.4, -0.2) is 39.8 Å². The maximum Gasteiger partial charge on any atom is 0.357 e. The summed E-state index contributed by atoms with van der Waals surface area (Å²) in [4.78, 5) is 36.5. The van der Waals surface area contributed by atoms with Gasteiger partial charge in [-0.1, -0.05) is 18.2 Å². The maximum absolute atomic E-state index is 12.7. The molecule has 1 aromatic heterocycles. The van der Waals surface area contributed by atoms with Gasteiger partial charge in [-0.25, -0.2) is 14.3 Å². The number of amides is 3. The number of hydrogen-bond donors (Lipinski definition) is 2. The highest BCUT2D eigenvalue weighted by Gasteiger charge is 2.30. The van der Waals surface area contributed by atoms with Crippen LogP contribution in [0.25, 0.3) is 5.69 Å². The smallest absolute Gasteiger partial charge is 0.357 e. The summed E-state index contributed by atoms with van der Waals surface area (Å²) < 4.78 is 6.82. The molecule has 3 rings (SSSR count). The molecule has 0 unspecified atom stereocenters. The highest BCUT2D eigenvalue weighted by atomic mass is 16.5. The highest BCUT2D eigenvalue weighted by molar-refractivity contribution is 5.98. The molecule has 28 heavy (non-hydrogen) atoms. The van der Waals surface area contributed by atoms with E-state index in [0.29, 0.717) is 5.92 Å². The molecule has 0 saturated heterocycles. The van der Waals surface area contributed by atoms with Gasteiger partial charge in [0.15, 0.2) is 11.8 Å². The normalized spacial score (nSPS) is 14.4. The van der Waals surface area contributed by atoms with Gasteiger partial charge < -0.3 is 10.1 Å². The van der Waals surface area contributed by atoms with Gasteiger partial charge in [0.05, 0.1) is 11.4 Å². The summed E-state index contributed by atoms with van der Waals surface area (Å²) in [6, 6.07) is 10.2. The second kappa shape index (κ2) is 8.24. The van der Waals surface area contributed by atoms with Crippen molar-refractivity contribution in [1.29, 1.82) is 0 Å². The number of carbonyl (C=O) groups excluding carboxylic acids is 3. The van der Waals surface area contributed by atoms with Crippen LogP contribution in [0.3, 0.4) is 0 Å². The van der Waals surface area contributed by atoms with E-state index in [1.165, 1.54) is 11.6 Å². The summed E-state index contributed by atoms with van der Waals surface area (Å²) in [6.07, 6.45) is 0.961. The van der Waals surface area contributed by atoms with Crippen LogP contribution in [-0.2, 0) is 9.53 Å². The molecule has 0 bridgehead atoms. The minimum absolute atomic E-state index is 0.119. The molecule has 3 amide bonds. The van der Waals surface area contributed by atoms with Crippen LogP contribution in [0.15, 0.2) is 36.4 Å². The molecule has 0 aliphatic heterocycles. The van der Waals surface area contributed by atoms with E-state index >= 15 is 0 Å². The van der Waals surface area contributed by atoms with Crippen LogP contribution in [0.4, 0.5) is 4.79 Å². The van der Waals surface area contributed by atoms with Gasteiger partial charge in [-0.05, 0) is 51.8 Å². The number of carbonyl (C=O) groups is 3. The van der Waals surface area contributed by atoms with Crippen molar-refractivity contribution >= 4 is 17.9 Å². The first-order valence-corrected chi connectivity index (χ1v) is 9.33. The van der Waals surface area contributed by atoms with E-state index in [0.717, 1.165) is 24.2 Å². The molecule has 1 aliphatic rings. The Labute approximate surface area is 163 Å². The van der Waals surface area contributed by atoms with Crippen LogP contribution >= 0.6 is 0 Å². The Morgan fingerprint density at radius 2 is 1.82 bits per heavy atom. The van der Waals surface area contributed by atoms with Crippen molar-refractivity contribution < 1.29 is 19.1 Å². The van der Waals surface area contributed by atoms with Crippen LogP contribution in [0, 0.1) is 0 Å². The fourth-order valence-electron chi connectivity index (χ4n) is 2.68. The van der Waals surface area contributed by atoms with Crippen molar-refractivity contribution in [2.75, 3.05) is 0 Å². The molecule has 1 aliphatic carbocycles. The van der Waals surface area contributed by atoms with Crippen LogP contribution in [0.2, 0.25) is 0 Å². The fraction of sp³-hybridized carbons (Fsp3) is 0.400. The first kappa shape index (κ1) is 19.6. The summed E-state index contributed by atoms with van der Waals surface area (Å²) in [7, 11) is 0. The van der Waals surface area contributed by atoms with E-state index in [2.05, 4.69) is 15.7 Å². The third-order valence-electron chi connectivity index (χ3n) is 4.24. The number of benzene rings is 1. The van der Waals surface area contributed by atoms with Gasteiger partial charge in [0.1, 0.15) is 0 Å². The molecule has 1 saturated carbocycles. The van der Waals surface area contributed by atoms with Gasteiger partial charge >= 0.3 is 12.0 Å². The molecule has 1 atom stereocenters. The number of urea groups is 1. The Bertz CT molecular complexity index is 872. The lowest BCUT2D eigenvalue weighted by atomic mass is 10.2. The number of para-hydroxylation sites is 1. The molecule has 1 aromatic carbocycles. The van der Waals surface area contributed by atoms with Crippen molar-refractivity contribution in [2.24, 2.45) is 0 Å². The summed E-state index contributed by atoms with van der Waals surface area (Å²) in [5.74, 6) is -1.01. The summed E-state index contributed by atoms with van der Waals surface area (Å²) in [5, 5.41) is 9.25. The van der Waals surface area contributed by atoms with E-state index in [-0.39, 0.29) is 11.7 Å². The van der Waals surface area contributed by atoms with Crippen LogP contribution in [0.5, 0.6) is 0 Å². The molecule has 2 N–H and O–H groups in total. The standard InChI is InChI=1S/C20H24N4O4/c1-12(2)21-20(27)22-18(25)13(3)28-19(26)17-11-16(14-9-10-14)23-24(17)15-7-5-4-6-8-15/h4-8,11-14H,9-10H2,1-3H3,(H2,21,22,25,27)/t13-/m1/s1. The molecule has 148 valence electrons. The van der Waals surface area contributed by atoms with Gasteiger partial charge in [0, 0.05) is 12.0 Å². The number of imide groups is 1. The average molecular weight is 384 g/mol. The Balaban J connectivity index is 1.73.